The van der Waals surface area contributed by atoms with Gasteiger partial charge in [0, 0.05) is 6.08 Å². The average Bonchev–Trinajstić information content (AvgIpc) is 2.03. The Kier molecular flexibility index (Phi) is 2.29. The van der Waals surface area contributed by atoms with E-state index in [1.807, 2.05) is 0 Å². The topological polar surface area (TPSA) is 89.8 Å². The summed E-state index contributed by atoms with van der Waals surface area (Å²) in [7, 11) is 0. The maximum Gasteiger partial charge on any atom is 0.335 e. The molecule has 0 radical (unpaired) electrons. The van der Waals surface area contributed by atoms with Crippen molar-refractivity contribution in [2.24, 2.45) is 0 Å². The van der Waals surface area contributed by atoms with E-state index in [9.17, 15) is 9.90 Å². The molecule has 0 aromatic carbocycles. The number of hydrogen-bond donors (Lipinski definition) is 4. The Morgan fingerprint density at radius 2 is 2.31 bits per heavy atom. The molecule has 0 saturated heterocycles. The van der Waals surface area contributed by atoms with Crippen LogP contribution in [0.2, 0.25) is 0 Å². The summed E-state index contributed by atoms with van der Waals surface area (Å²) in [6.07, 6.45) is 2.48. The molecular weight excluding hydrogens is 174 g/mol. The number of aliphatic carboxylic acids is 1. The third-order valence-electron chi connectivity index (χ3n) is 1.82. The maximum atomic E-state index is 10.5. The Labute approximate surface area is 75.0 Å². The lowest BCUT2D eigenvalue weighted by atomic mass is 10.0. The summed E-state index contributed by atoms with van der Waals surface area (Å²) in [5, 5.41) is 29.7. The summed E-state index contributed by atoms with van der Waals surface area (Å²) in [6.45, 7) is 1.67. The minimum absolute atomic E-state index is 0.124. The molecule has 1 heterocycles. The molecule has 1 rings (SSSR count). The van der Waals surface area contributed by atoms with Crippen molar-refractivity contribution >= 4 is 5.97 Å². The first-order valence-corrected chi connectivity index (χ1v) is 3.84. The van der Waals surface area contributed by atoms with Gasteiger partial charge < -0.3 is 20.6 Å². The lowest BCUT2D eigenvalue weighted by molar-refractivity contribution is -0.132. The van der Waals surface area contributed by atoms with Gasteiger partial charge in [-0.1, -0.05) is 6.92 Å². The van der Waals surface area contributed by atoms with E-state index >= 15 is 0 Å². The van der Waals surface area contributed by atoms with Gasteiger partial charge in [-0.2, -0.15) is 0 Å². The van der Waals surface area contributed by atoms with Gasteiger partial charge in [0.25, 0.3) is 0 Å². The SMILES string of the molecule is CCC1(O)C=C(C(=O)O)C=C(O)N1. The van der Waals surface area contributed by atoms with Crippen LogP contribution in [0.4, 0.5) is 0 Å². The molecule has 1 aliphatic rings. The fourth-order valence-electron chi connectivity index (χ4n) is 1.05. The number of aliphatic hydroxyl groups excluding tert-OH is 1. The van der Waals surface area contributed by atoms with Crippen LogP contribution in [0.3, 0.4) is 0 Å². The largest absolute Gasteiger partial charge is 0.495 e. The quantitative estimate of drug-likeness (QED) is 0.490. The van der Waals surface area contributed by atoms with Gasteiger partial charge in [-0.05, 0) is 12.5 Å². The molecule has 1 aliphatic heterocycles. The Morgan fingerprint density at radius 3 is 2.77 bits per heavy atom. The van der Waals surface area contributed by atoms with Crippen LogP contribution in [0.1, 0.15) is 13.3 Å². The molecule has 1 unspecified atom stereocenters. The molecule has 13 heavy (non-hydrogen) atoms. The van der Waals surface area contributed by atoms with Crippen molar-refractivity contribution in [3.63, 3.8) is 0 Å². The number of rotatable bonds is 2. The summed E-state index contributed by atoms with van der Waals surface area (Å²) < 4.78 is 0. The standard InChI is InChI=1S/C8H11NO4/c1-2-8(13)4-5(7(11)12)3-6(10)9-8/h3-4,9-10,13H,2H2,1H3,(H,11,12). The van der Waals surface area contributed by atoms with Gasteiger partial charge in [-0.3, -0.25) is 0 Å². The van der Waals surface area contributed by atoms with Gasteiger partial charge in [-0.25, -0.2) is 4.79 Å². The number of dihydropyridines is 1. The first kappa shape index (κ1) is 9.60. The number of aliphatic hydroxyl groups is 2. The normalized spacial score (nSPS) is 27.2. The Morgan fingerprint density at radius 1 is 1.69 bits per heavy atom. The number of carbonyl (C=O) groups is 1. The third kappa shape index (κ3) is 2.00. The van der Waals surface area contributed by atoms with Crippen LogP contribution in [-0.2, 0) is 4.79 Å². The lowest BCUT2D eigenvalue weighted by Crippen LogP contribution is -2.44. The predicted molar refractivity (Wildman–Crippen MR) is 44.8 cm³/mol. The fraction of sp³-hybridized carbons (Fsp3) is 0.375. The molecule has 0 aromatic heterocycles. The molecule has 0 saturated carbocycles. The van der Waals surface area contributed by atoms with Crippen molar-refractivity contribution in [3.8, 4) is 0 Å². The minimum Gasteiger partial charge on any atom is -0.495 e. The van der Waals surface area contributed by atoms with E-state index in [2.05, 4.69) is 5.32 Å². The van der Waals surface area contributed by atoms with Crippen LogP contribution >= 0.6 is 0 Å². The van der Waals surface area contributed by atoms with E-state index in [1.165, 1.54) is 0 Å². The Hall–Kier alpha value is -1.49. The predicted octanol–water partition coefficient (Wildman–Crippen LogP) is 0.0986. The van der Waals surface area contributed by atoms with Crippen LogP contribution in [0.25, 0.3) is 0 Å². The zero-order valence-corrected chi connectivity index (χ0v) is 7.11. The molecule has 4 N–H and O–H groups in total. The first-order valence-electron chi connectivity index (χ1n) is 3.84. The van der Waals surface area contributed by atoms with Crippen LogP contribution in [0.15, 0.2) is 23.6 Å². The number of nitrogens with one attached hydrogen (secondary N) is 1. The molecule has 0 amide bonds. The maximum absolute atomic E-state index is 10.5. The highest BCUT2D eigenvalue weighted by atomic mass is 16.4. The van der Waals surface area contributed by atoms with Crippen molar-refractivity contribution in [3.05, 3.63) is 23.6 Å². The van der Waals surface area contributed by atoms with Crippen molar-refractivity contribution in [1.29, 1.82) is 0 Å². The highest BCUT2D eigenvalue weighted by molar-refractivity contribution is 5.90. The Balaban J connectivity index is 3.01. The molecule has 1 atom stereocenters. The fourth-order valence-corrected chi connectivity index (χ4v) is 1.05. The highest BCUT2D eigenvalue weighted by Gasteiger charge is 2.28. The van der Waals surface area contributed by atoms with Crippen LogP contribution in [0, 0.1) is 0 Å². The second-order valence-electron chi connectivity index (χ2n) is 2.84. The lowest BCUT2D eigenvalue weighted by Gasteiger charge is -2.28. The summed E-state index contributed by atoms with van der Waals surface area (Å²) >= 11 is 0. The van der Waals surface area contributed by atoms with Gasteiger partial charge in [0.15, 0.2) is 11.6 Å². The smallest absolute Gasteiger partial charge is 0.335 e. The highest BCUT2D eigenvalue weighted by Crippen LogP contribution is 2.18. The van der Waals surface area contributed by atoms with Crippen LogP contribution in [-0.4, -0.2) is 27.0 Å². The minimum atomic E-state index is -1.47. The molecule has 72 valence electrons. The van der Waals surface area contributed by atoms with Gasteiger partial charge >= 0.3 is 5.97 Å². The van der Waals surface area contributed by atoms with Crippen molar-refractivity contribution in [2.75, 3.05) is 0 Å². The van der Waals surface area contributed by atoms with Gasteiger partial charge in [0.2, 0.25) is 0 Å². The number of hydrogen-bond acceptors (Lipinski definition) is 4. The van der Waals surface area contributed by atoms with E-state index in [0.717, 1.165) is 12.2 Å². The van der Waals surface area contributed by atoms with E-state index in [0.29, 0.717) is 0 Å². The van der Waals surface area contributed by atoms with Gasteiger partial charge in [0.1, 0.15) is 0 Å². The monoisotopic (exact) mass is 185 g/mol. The van der Waals surface area contributed by atoms with Crippen LogP contribution in [0.5, 0.6) is 0 Å². The molecule has 5 heteroatoms. The Bertz CT molecular complexity index is 295. The molecule has 0 aliphatic carbocycles. The van der Waals surface area contributed by atoms with Crippen LogP contribution < -0.4 is 5.32 Å². The number of carboxylic acid groups (broad SMARTS) is 1. The molecule has 0 bridgehead atoms. The van der Waals surface area contributed by atoms with E-state index in [1.54, 1.807) is 6.92 Å². The third-order valence-corrected chi connectivity index (χ3v) is 1.82. The molecule has 0 spiro atoms. The van der Waals surface area contributed by atoms with Gasteiger partial charge in [-0.15, -0.1) is 0 Å². The molecular formula is C8H11NO4. The molecule has 0 fully saturated rings. The summed E-state index contributed by atoms with van der Waals surface area (Å²) in [6, 6.07) is 0. The average molecular weight is 185 g/mol. The second kappa shape index (κ2) is 3.10. The summed E-state index contributed by atoms with van der Waals surface area (Å²) in [4.78, 5) is 10.5. The second-order valence-corrected chi connectivity index (χ2v) is 2.84. The zero-order chi connectivity index (χ0) is 10.1. The summed E-state index contributed by atoms with van der Waals surface area (Å²) in [5.41, 5.74) is -1.59. The van der Waals surface area contributed by atoms with Gasteiger partial charge in [0.05, 0.1) is 5.57 Å². The molecule has 5 nitrogen and oxygen atoms in total. The van der Waals surface area contributed by atoms with E-state index < -0.39 is 11.7 Å². The molecule has 0 aromatic rings. The van der Waals surface area contributed by atoms with Crippen molar-refractivity contribution in [2.45, 2.75) is 19.1 Å². The first-order chi connectivity index (χ1) is 5.97. The van der Waals surface area contributed by atoms with Crippen molar-refractivity contribution in [1.82, 2.24) is 5.32 Å². The zero-order valence-electron chi connectivity index (χ0n) is 7.11. The number of carboxylic acids is 1. The summed E-state index contributed by atoms with van der Waals surface area (Å²) in [5.74, 6) is -1.52. The van der Waals surface area contributed by atoms with E-state index in [-0.39, 0.29) is 17.9 Å². The van der Waals surface area contributed by atoms with Crippen molar-refractivity contribution < 1.29 is 20.1 Å². The van der Waals surface area contributed by atoms with E-state index in [4.69, 9.17) is 10.2 Å².